The van der Waals surface area contributed by atoms with E-state index in [1.165, 1.54) is 11.0 Å². The molecule has 0 aliphatic carbocycles. The molecule has 2 aliphatic rings. The van der Waals surface area contributed by atoms with Gasteiger partial charge in [0.1, 0.15) is 30.0 Å². The Kier molecular flexibility index (Phi) is 16.2. The van der Waals surface area contributed by atoms with E-state index in [0.717, 1.165) is 49.9 Å². The lowest BCUT2D eigenvalue weighted by atomic mass is 9.85. The summed E-state index contributed by atoms with van der Waals surface area (Å²) in [7, 11) is 0. The lowest BCUT2D eigenvalue weighted by molar-refractivity contribution is -0.144. The number of likely N-dealkylation sites (tertiary alicyclic amines) is 1. The van der Waals surface area contributed by atoms with Crippen LogP contribution in [0.1, 0.15) is 76.3 Å². The van der Waals surface area contributed by atoms with Gasteiger partial charge in [-0.05, 0) is 116 Å². The molecule has 5 aromatic rings. The van der Waals surface area contributed by atoms with Gasteiger partial charge in [0, 0.05) is 31.8 Å². The van der Waals surface area contributed by atoms with Crippen LogP contribution in [0.25, 0.3) is 21.6 Å². The molecule has 3 N–H and O–H groups in total. The number of thiocarbonyl (C=S) groups is 1. The Labute approximate surface area is 425 Å². The van der Waals surface area contributed by atoms with Crippen molar-refractivity contribution in [3.05, 3.63) is 119 Å². The van der Waals surface area contributed by atoms with Crippen molar-refractivity contribution in [2.24, 2.45) is 5.41 Å². The lowest BCUT2D eigenvalue weighted by Crippen LogP contribution is -2.58. The molecule has 378 valence electrons. The van der Waals surface area contributed by atoms with E-state index < -0.39 is 64.2 Å². The van der Waals surface area contributed by atoms with Crippen molar-refractivity contribution in [2.45, 2.75) is 97.3 Å². The Hall–Kier alpha value is -6.72. The number of nitrogens with one attached hydrogen (secondary N) is 2. The minimum absolute atomic E-state index is 0.00296. The van der Waals surface area contributed by atoms with Crippen LogP contribution < -0.4 is 25.2 Å². The van der Waals surface area contributed by atoms with Gasteiger partial charge in [-0.2, -0.15) is 18.4 Å². The first-order chi connectivity index (χ1) is 34.1. The number of anilines is 2. The number of nitriles is 1. The number of aromatic nitrogens is 1. The zero-order valence-electron chi connectivity index (χ0n) is 40.7. The number of thiazole rings is 1. The largest absolute Gasteiger partial charge is 0.494 e. The minimum Gasteiger partial charge on any atom is -0.494 e. The molecule has 2 aliphatic heterocycles. The molecule has 3 atom stereocenters. The maximum absolute atomic E-state index is 14.0. The number of carbonyl (C=O) groups excluding carboxylic acids is 4. The summed E-state index contributed by atoms with van der Waals surface area (Å²) in [4.78, 5) is 63.6. The molecule has 19 heteroatoms. The predicted molar refractivity (Wildman–Crippen MR) is 272 cm³/mol. The van der Waals surface area contributed by atoms with Gasteiger partial charge in [0.25, 0.3) is 5.91 Å². The number of aliphatic hydroxyl groups is 1. The molecule has 14 nitrogen and oxygen atoms in total. The molecule has 4 amide bonds. The van der Waals surface area contributed by atoms with Crippen molar-refractivity contribution in [1.82, 2.24) is 20.5 Å². The minimum atomic E-state index is -4.81. The van der Waals surface area contributed by atoms with E-state index in [9.17, 15) is 42.7 Å². The smallest absolute Gasteiger partial charge is 0.417 e. The van der Waals surface area contributed by atoms with Gasteiger partial charge >= 0.3 is 6.18 Å². The highest BCUT2D eigenvalue weighted by atomic mass is 32.1. The predicted octanol–water partition coefficient (Wildman–Crippen LogP) is 8.58. The number of nitrogens with zero attached hydrogens (tertiary/aromatic N) is 5. The van der Waals surface area contributed by atoms with Gasteiger partial charge in [-0.15, -0.1) is 11.3 Å². The Balaban J connectivity index is 0.841. The quantitative estimate of drug-likeness (QED) is 0.0601. The number of amides is 4. The van der Waals surface area contributed by atoms with Crippen molar-refractivity contribution in [2.75, 3.05) is 36.2 Å². The highest BCUT2D eigenvalue weighted by Crippen LogP contribution is 2.40. The second-order valence-corrected chi connectivity index (χ2v) is 20.5. The van der Waals surface area contributed by atoms with Crippen LogP contribution in [0.5, 0.6) is 5.75 Å². The second kappa shape index (κ2) is 22.0. The van der Waals surface area contributed by atoms with Crippen molar-refractivity contribution in [1.29, 1.82) is 5.26 Å². The fourth-order valence-corrected chi connectivity index (χ4v) is 9.98. The number of aryl methyl sites for hydroxylation is 1. The molecule has 0 saturated carbocycles. The molecular formula is C53H56F3N7O7S2. The molecule has 4 aromatic carbocycles. The fourth-order valence-electron chi connectivity index (χ4n) is 8.65. The highest BCUT2D eigenvalue weighted by Gasteiger charge is 2.51. The van der Waals surface area contributed by atoms with Crippen LogP contribution in [-0.2, 0) is 36.6 Å². The van der Waals surface area contributed by atoms with E-state index >= 15 is 0 Å². The Morgan fingerprint density at radius 1 is 0.944 bits per heavy atom. The van der Waals surface area contributed by atoms with Crippen LogP contribution in [0, 0.1) is 23.7 Å². The molecule has 2 saturated heterocycles. The van der Waals surface area contributed by atoms with E-state index in [0.29, 0.717) is 30.9 Å². The van der Waals surface area contributed by atoms with Gasteiger partial charge < -0.3 is 35.0 Å². The maximum atomic E-state index is 14.0. The summed E-state index contributed by atoms with van der Waals surface area (Å²) in [6.45, 7) is 11.3. The number of alkyl halides is 3. The standard InChI is InChI=1S/C53H56F3N7O7S2/c1-32-45(72-31-59-32)36-11-9-33(10-12-36)28-58-47(66)43-26-40(64)29-61(43)48(67)46(51(2,3)4)60-44(65)30-69-23-7-8-24-70-41-21-16-35(17-22-41)34-13-18-38(19-14-34)63-50(71)62(49(68)52(63,5)6)39-20-15-37(27-57)42(25-39)53(54,55)56/h9-22,25,31,40,43,46,64H,7-8,23-24,26,28-30H2,1-6H3,(H,58,66)(H,60,65)/t40-,43?,46-/m1/s1. The summed E-state index contributed by atoms with van der Waals surface area (Å²) in [5.41, 5.74) is 3.23. The molecule has 7 rings (SSSR count). The zero-order chi connectivity index (χ0) is 52.1. The van der Waals surface area contributed by atoms with Crippen LogP contribution >= 0.6 is 23.6 Å². The monoisotopic (exact) mass is 1020 g/mol. The number of rotatable bonds is 17. The van der Waals surface area contributed by atoms with Crippen molar-refractivity contribution >= 4 is 63.7 Å². The second-order valence-electron chi connectivity index (χ2n) is 19.3. The number of aliphatic hydroxyl groups excluding tert-OH is 1. The molecule has 1 unspecified atom stereocenters. The number of carbonyl (C=O) groups is 4. The summed E-state index contributed by atoms with van der Waals surface area (Å²) in [5.74, 6) is -1.20. The van der Waals surface area contributed by atoms with Crippen LogP contribution in [0.3, 0.4) is 0 Å². The van der Waals surface area contributed by atoms with Crippen molar-refractivity contribution < 1.29 is 46.9 Å². The molecule has 0 bridgehead atoms. The third-order valence-corrected chi connectivity index (χ3v) is 13.9. The summed E-state index contributed by atoms with van der Waals surface area (Å²) in [6, 6.07) is 25.3. The zero-order valence-corrected chi connectivity index (χ0v) is 42.3. The number of halogens is 3. The molecular weight excluding hydrogens is 968 g/mol. The van der Waals surface area contributed by atoms with Gasteiger partial charge in [0.05, 0.1) is 51.7 Å². The molecule has 0 spiro atoms. The Morgan fingerprint density at radius 2 is 1.57 bits per heavy atom. The molecule has 1 aromatic heterocycles. The van der Waals surface area contributed by atoms with E-state index in [2.05, 4.69) is 15.6 Å². The van der Waals surface area contributed by atoms with E-state index in [1.807, 2.05) is 88.4 Å². The SMILES string of the molecule is Cc1ncsc1-c1ccc(CNC(=O)C2C[C@@H](O)CN2C(=O)[C@@H](NC(=O)COCCCCOc2ccc(-c3ccc(N4C(=S)N(c5ccc(C#N)c(C(F)(F)F)c5)C(=O)C4(C)C)cc3)cc2)C(C)(C)C)cc1. The average Bonchev–Trinajstić information content (AvgIpc) is 4.01. The Morgan fingerprint density at radius 3 is 2.18 bits per heavy atom. The summed E-state index contributed by atoms with van der Waals surface area (Å²) in [5, 5.41) is 25.5. The summed E-state index contributed by atoms with van der Waals surface area (Å²) < 4.78 is 52.9. The topological polar surface area (TPSA) is 177 Å². The number of hydrogen-bond acceptors (Lipinski definition) is 11. The molecule has 2 fully saturated rings. The first kappa shape index (κ1) is 53.1. The lowest BCUT2D eigenvalue weighted by Gasteiger charge is -2.35. The Bertz CT molecular complexity index is 2840. The molecule has 3 heterocycles. The van der Waals surface area contributed by atoms with E-state index in [-0.39, 0.29) is 49.4 Å². The average molecular weight is 1020 g/mol. The van der Waals surface area contributed by atoms with Crippen LogP contribution in [-0.4, -0.2) is 93.8 Å². The third-order valence-electron chi connectivity index (χ3n) is 12.6. The number of β-amino-alcohol motifs (C(OH)–C–C–N with tert-alkyl or cyclic N) is 1. The number of unbranched alkanes of at least 4 members (excludes halogenated alkanes) is 1. The molecule has 72 heavy (non-hydrogen) atoms. The first-order valence-corrected chi connectivity index (χ1v) is 24.6. The number of hydrogen-bond donors (Lipinski definition) is 3. The van der Waals surface area contributed by atoms with Crippen molar-refractivity contribution in [3.63, 3.8) is 0 Å². The van der Waals surface area contributed by atoms with Crippen LogP contribution in [0.15, 0.2) is 96.5 Å². The third kappa shape index (κ3) is 12.0. The van der Waals surface area contributed by atoms with E-state index in [4.69, 9.17) is 21.7 Å². The van der Waals surface area contributed by atoms with E-state index in [1.54, 1.807) is 53.8 Å². The van der Waals surface area contributed by atoms with Crippen LogP contribution in [0.4, 0.5) is 24.5 Å². The van der Waals surface area contributed by atoms with Crippen LogP contribution in [0.2, 0.25) is 0 Å². The van der Waals surface area contributed by atoms with Gasteiger partial charge in [-0.25, -0.2) is 4.98 Å². The highest BCUT2D eigenvalue weighted by molar-refractivity contribution is 7.81. The van der Waals surface area contributed by atoms with Gasteiger partial charge in [0.15, 0.2) is 5.11 Å². The first-order valence-electron chi connectivity index (χ1n) is 23.3. The maximum Gasteiger partial charge on any atom is 0.417 e. The normalized spacial score (nSPS) is 17.2. The molecule has 0 radical (unpaired) electrons. The summed E-state index contributed by atoms with van der Waals surface area (Å²) in [6.07, 6.45) is -4.39. The summed E-state index contributed by atoms with van der Waals surface area (Å²) >= 11 is 7.23. The van der Waals surface area contributed by atoms with Gasteiger partial charge in [0.2, 0.25) is 17.7 Å². The van der Waals surface area contributed by atoms with Gasteiger partial charge in [-0.1, -0.05) is 69.3 Å². The number of benzene rings is 4. The fraction of sp³-hybridized carbons (Fsp3) is 0.377. The van der Waals surface area contributed by atoms with Crippen molar-refractivity contribution in [3.8, 4) is 33.4 Å². The van der Waals surface area contributed by atoms with Gasteiger partial charge in [-0.3, -0.25) is 24.1 Å². The number of ether oxygens (including phenoxy) is 2.